The molecule has 0 radical (unpaired) electrons. The Morgan fingerprint density at radius 2 is 1.68 bits per heavy atom. The smallest absolute Gasteiger partial charge is 0.407 e. The van der Waals surface area contributed by atoms with Gasteiger partial charge in [-0.15, -0.1) is 0 Å². The first-order valence-electron chi connectivity index (χ1n) is 11.3. The van der Waals surface area contributed by atoms with Gasteiger partial charge in [-0.25, -0.2) is 9.59 Å². The van der Waals surface area contributed by atoms with Gasteiger partial charge in [0.25, 0.3) is 0 Å². The number of hydrogen-bond donors (Lipinski definition) is 1. The second-order valence-corrected chi connectivity index (χ2v) is 7.98. The van der Waals surface area contributed by atoms with Crippen LogP contribution in [0.3, 0.4) is 0 Å². The molecule has 3 aromatic rings. The monoisotopic (exact) mass is 469 g/mol. The molecule has 3 rings (SSSR count). The van der Waals surface area contributed by atoms with E-state index in [1.54, 1.807) is 23.2 Å². The van der Waals surface area contributed by atoms with Crippen molar-refractivity contribution in [2.75, 3.05) is 26.3 Å². The van der Waals surface area contributed by atoms with E-state index in [0.29, 0.717) is 43.9 Å². The number of amides is 1. The average molecular weight is 470 g/mol. The lowest BCUT2D eigenvalue weighted by Gasteiger charge is -2.20. The van der Waals surface area contributed by atoms with Crippen LogP contribution in [0.25, 0.3) is 22.2 Å². The molecule has 1 amide bonds. The van der Waals surface area contributed by atoms with Gasteiger partial charge in [-0.2, -0.15) is 0 Å². The van der Waals surface area contributed by atoms with E-state index in [2.05, 4.69) is 0 Å². The van der Waals surface area contributed by atoms with Gasteiger partial charge in [-0.3, -0.25) is 9.13 Å². The van der Waals surface area contributed by atoms with E-state index in [-0.39, 0.29) is 18.8 Å². The minimum Gasteiger partial charge on any atom is -0.490 e. The van der Waals surface area contributed by atoms with E-state index < -0.39 is 6.09 Å². The standard InChI is InChI=1S/C25H31N3O6/c1-4-33-22-11-9-19(18-8-10-20-21(16-18)27(3)24(30)26(20)2)17-23(22)34-15-13-28(25(31)32)12-6-5-7-14-29/h8-11,14,16-17H,4-7,12-13,15H2,1-3H3,(H,31,32). The SMILES string of the molecule is CCOc1ccc(-c2ccc3c(c2)n(C)c(=O)n3C)cc1OCCN(CCCCC=O)C(=O)O. The molecular weight excluding hydrogens is 438 g/mol. The highest BCUT2D eigenvalue weighted by molar-refractivity contribution is 5.83. The number of carbonyl (C=O) groups excluding carboxylic acids is 1. The Labute approximate surface area is 198 Å². The molecule has 0 fully saturated rings. The van der Waals surface area contributed by atoms with E-state index in [9.17, 15) is 19.5 Å². The Kier molecular flexibility index (Phi) is 8.34. The highest BCUT2D eigenvalue weighted by atomic mass is 16.5. The van der Waals surface area contributed by atoms with Crippen molar-refractivity contribution in [2.24, 2.45) is 14.1 Å². The number of fused-ring (bicyclic) bond motifs is 1. The van der Waals surface area contributed by atoms with Crippen molar-refractivity contribution < 1.29 is 24.2 Å². The number of unbranched alkanes of at least 4 members (excludes halogenated alkanes) is 2. The Morgan fingerprint density at radius 1 is 0.971 bits per heavy atom. The van der Waals surface area contributed by atoms with Gasteiger partial charge in [0.2, 0.25) is 0 Å². The number of aryl methyl sites for hydroxylation is 2. The van der Waals surface area contributed by atoms with Crippen molar-refractivity contribution in [1.29, 1.82) is 0 Å². The Morgan fingerprint density at radius 3 is 2.38 bits per heavy atom. The molecule has 9 heteroatoms. The second kappa shape index (κ2) is 11.4. The Bertz CT molecular complexity index is 1210. The molecule has 182 valence electrons. The first-order chi connectivity index (χ1) is 16.4. The van der Waals surface area contributed by atoms with Crippen LogP contribution in [0.5, 0.6) is 11.5 Å². The number of benzene rings is 2. The number of aldehydes is 1. The molecule has 0 aliphatic heterocycles. The fraction of sp³-hybridized carbons (Fsp3) is 0.400. The third-order valence-corrected chi connectivity index (χ3v) is 5.74. The predicted octanol–water partition coefficient (Wildman–Crippen LogP) is 3.67. The van der Waals surface area contributed by atoms with Gasteiger partial charge in [0, 0.05) is 27.1 Å². The van der Waals surface area contributed by atoms with Gasteiger partial charge < -0.3 is 24.3 Å². The third kappa shape index (κ3) is 5.59. The molecule has 1 N–H and O–H groups in total. The molecule has 0 aliphatic carbocycles. The van der Waals surface area contributed by atoms with E-state index in [0.717, 1.165) is 28.4 Å². The number of aromatic nitrogens is 2. The van der Waals surface area contributed by atoms with Gasteiger partial charge in [-0.05, 0) is 55.2 Å². The van der Waals surface area contributed by atoms with Crippen molar-refractivity contribution in [3.8, 4) is 22.6 Å². The van der Waals surface area contributed by atoms with Crippen LogP contribution in [0.15, 0.2) is 41.2 Å². The van der Waals surface area contributed by atoms with Crippen LogP contribution in [0.1, 0.15) is 26.2 Å². The molecule has 0 bridgehead atoms. The van der Waals surface area contributed by atoms with Crippen LogP contribution < -0.4 is 15.2 Å². The molecule has 0 spiro atoms. The summed E-state index contributed by atoms with van der Waals surface area (Å²) in [4.78, 5) is 35.5. The summed E-state index contributed by atoms with van der Waals surface area (Å²) in [5, 5.41) is 9.44. The number of imidazole rings is 1. The molecular formula is C25H31N3O6. The maximum atomic E-state index is 12.3. The van der Waals surface area contributed by atoms with Gasteiger partial charge in [-0.1, -0.05) is 12.1 Å². The van der Waals surface area contributed by atoms with Crippen LogP contribution in [0.2, 0.25) is 0 Å². The first-order valence-corrected chi connectivity index (χ1v) is 11.3. The number of ether oxygens (including phenoxy) is 2. The van der Waals surface area contributed by atoms with Crippen molar-refractivity contribution in [3.05, 3.63) is 46.9 Å². The molecule has 1 aromatic heterocycles. The topological polar surface area (TPSA) is 103 Å². The van der Waals surface area contributed by atoms with Gasteiger partial charge in [0.05, 0.1) is 24.2 Å². The maximum Gasteiger partial charge on any atom is 0.407 e. The van der Waals surface area contributed by atoms with Gasteiger partial charge in [0.15, 0.2) is 11.5 Å². The van der Waals surface area contributed by atoms with E-state index in [1.165, 1.54) is 4.90 Å². The van der Waals surface area contributed by atoms with Crippen molar-refractivity contribution in [3.63, 3.8) is 0 Å². The molecule has 0 saturated carbocycles. The number of carboxylic acid groups (broad SMARTS) is 1. The quantitative estimate of drug-likeness (QED) is 0.321. The molecule has 9 nitrogen and oxygen atoms in total. The predicted molar refractivity (Wildman–Crippen MR) is 130 cm³/mol. The van der Waals surface area contributed by atoms with Crippen LogP contribution in [0, 0.1) is 0 Å². The van der Waals surface area contributed by atoms with Crippen LogP contribution in [-0.4, -0.2) is 57.8 Å². The summed E-state index contributed by atoms with van der Waals surface area (Å²) >= 11 is 0. The van der Waals surface area contributed by atoms with Crippen molar-refractivity contribution in [1.82, 2.24) is 14.0 Å². The zero-order valence-electron chi connectivity index (χ0n) is 19.8. The van der Waals surface area contributed by atoms with Crippen molar-refractivity contribution in [2.45, 2.75) is 26.2 Å². The van der Waals surface area contributed by atoms with E-state index in [1.807, 2.05) is 43.3 Å². The normalized spacial score (nSPS) is 10.9. The zero-order chi connectivity index (χ0) is 24.7. The first kappa shape index (κ1) is 24.9. The maximum absolute atomic E-state index is 12.3. The fourth-order valence-electron chi connectivity index (χ4n) is 3.86. The molecule has 0 atom stereocenters. The Balaban J connectivity index is 1.79. The average Bonchev–Trinajstić information content (AvgIpc) is 3.05. The highest BCUT2D eigenvalue weighted by Gasteiger charge is 2.14. The summed E-state index contributed by atoms with van der Waals surface area (Å²) in [7, 11) is 3.49. The minimum absolute atomic E-state index is 0.0861. The van der Waals surface area contributed by atoms with Crippen molar-refractivity contribution >= 4 is 23.4 Å². The van der Waals surface area contributed by atoms with Crippen LogP contribution >= 0.6 is 0 Å². The van der Waals surface area contributed by atoms with Gasteiger partial charge >= 0.3 is 11.8 Å². The number of nitrogens with zero attached hydrogens (tertiary/aromatic N) is 3. The second-order valence-electron chi connectivity index (χ2n) is 7.98. The van der Waals surface area contributed by atoms with E-state index >= 15 is 0 Å². The summed E-state index contributed by atoms with van der Waals surface area (Å²) < 4.78 is 14.9. The van der Waals surface area contributed by atoms with Crippen LogP contribution in [0.4, 0.5) is 4.79 Å². The summed E-state index contributed by atoms with van der Waals surface area (Å²) in [6, 6.07) is 11.4. The molecule has 2 aromatic carbocycles. The number of carbonyl (C=O) groups is 2. The lowest BCUT2D eigenvalue weighted by molar-refractivity contribution is -0.107. The summed E-state index contributed by atoms with van der Waals surface area (Å²) in [6.45, 7) is 3.06. The number of hydrogen-bond acceptors (Lipinski definition) is 5. The minimum atomic E-state index is -1.02. The largest absolute Gasteiger partial charge is 0.490 e. The number of rotatable bonds is 12. The molecule has 0 unspecified atom stereocenters. The van der Waals surface area contributed by atoms with Crippen LogP contribution in [-0.2, 0) is 18.9 Å². The lowest BCUT2D eigenvalue weighted by Crippen LogP contribution is -2.34. The summed E-state index contributed by atoms with van der Waals surface area (Å²) in [6.07, 6.45) is 1.52. The van der Waals surface area contributed by atoms with E-state index in [4.69, 9.17) is 9.47 Å². The molecule has 1 heterocycles. The highest BCUT2D eigenvalue weighted by Crippen LogP contribution is 2.34. The van der Waals surface area contributed by atoms with Gasteiger partial charge in [0.1, 0.15) is 12.9 Å². The molecule has 0 aliphatic rings. The summed E-state index contributed by atoms with van der Waals surface area (Å²) in [5.41, 5.74) is 3.40. The Hall–Kier alpha value is -3.75. The molecule has 34 heavy (non-hydrogen) atoms. The fourth-order valence-corrected chi connectivity index (χ4v) is 3.86. The molecule has 0 saturated heterocycles. The lowest BCUT2D eigenvalue weighted by atomic mass is 10.0. The summed E-state index contributed by atoms with van der Waals surface area (Å²) in [5.74, 6) is 1.10. The zero-order valence-corrected chi connectivity index (χ0v) is 19.8. The third-order valence-electron chi connectivity index (χ3n) is 5.74.